The van der Waals surface area contributed by atoms with E-state index in [4.69, 9.17) is 0 Å². The van der Waals surface area contributed by atoms with Crippen molar-refractivity contribution in [3.8, 4) is 0 Å². The Balaban J connectivity index is 1.82. The van der Waals surface area contributed by atoms with Crippen LogP contribution in [0.5, 0.6) is 0 Å². The minimum absolute atomic E-state index is 0.874. The second-order valence-corrected chi connectivity index (χ2v) is 3.12. The summed E-state index contributed by atoms with van der Waals surface area (Å²) in [6.45, 7) is 2.72. The van der Waals surface area contributed by atoms with Crippen molar-refractivity contribution < 1.29 is 0 Å². The lowest BCUT2D eigenvalue weighted by Crippen LogP contribution is -2.43. The average Bonchev–Trinajstić information content (AvgIpc) is 2.11. The first kappa shape index (κ1) is 5.72. The van der Waals surface area contributed by atoms with Crippen molar-refractivity contribution in [2.24, 2.45) is 0 Å². The molecule has 1 radical (unpaired) electrons. The molecular weight excluding hydrogens is 110 g/mol. The lowest BCUT2D eigenvalue weighted by molar-refractivity contribution is 0.139. The Morgan fingerprint density at radius 3 is 2.56 bits per heavy atom. The van der Waals surface area contributed by atoms with Gasteiger partial charge in [-0.1, -0.05) is 6.42 Å². The molecule has 1 saturated carbocycles. The lowest BCUT2D eigenvalue weighted by Gasteiger charge is -2.36. The van der Waals surface area contributed by atoms with Crippen molar-refractivity contribution in [2.45, 2.75) is 31.7 Å². The van der Waals surface area contributed by atoms with Crippen molar-refractivity contribution in [1.29, 1.82) is 0 Å². The Bertz CT molecular complexity index is 90.7. The van der Waals surface area contributed by atoms with E-state index in [1.807, 2.05) is 0 Å². The molecule has 1 heteroatoms. The molecule has 0 bridgehead atoms. The predicted molar refractivity (Wildman–Crippen MR) is 38.1 cm³/mol. The molecule has 0 amide bonds. The molecule has 2 rings (SSSR count). The van der Waals surface area contributed by atoms with Gasteiger partial charge in [-0.05, 0) is 38.8 Å². The molecule has 1 unspecified atom stereocenters. The highest BCUT2D eigenvalue weighted by molar-refractivity contribution is 4.93. The van der Waals surface area contributed by atoms with Crippen LogP contribution in [0.15, 0.2) is 0 Å². The summed E-state index contributed by atoms with van der Waals surface area (Å²) in [6.07, 6.45) is 8.14. The van der Waals surface area contributed by atoms with E-state index in [-0.39, 0.29) is 0 Å². The van der Waals surface area contributed by atoms with Gasteiger partial charge in [0.1, 0.15) is 0 Å². The van der Waals surface area contributed by atoms with Crippen LogP contribution >= 0.6 is 0 Å². The van der Waals surface area contributed by atoms with Crippen molar-refractivity contribution >= 4 is 0 Å². The molecule has 0 aromatic rings. The maximum atomic E-state index is 2.59. The van der Waals surface area contributed by atoms with Crippen molar-refractivity contribution in [3.63, 3.8) is 0 Å². The van der Waals surface area contributed by atoms with Crippen molar-refractivity contribution in [2.75, 3.05) is 13.1 Å². The van der Waals surface area contributed by atoms with E-state index in [0.717, 1.165) is 6.04 Å². The van der Waals surface area contributed by atoms with Crippen LogP contribution in [0.4, 0.5) is 0 Å². The Kier molecular flexibility index (Phi) is 1.46. The zero-order chi connectivity index (χ0) is 6.10. The fourth-order valence-corrected chi connectivity index (χ4v) is 1.76. The average molecular weight is 124 g/mol. The topological polar surface area (TPSA) is 3.24 Å². The SMILES string of the molecule is [CH]1CCCC1N1CCC1. The van der Waals surface area contributed by atoms with E-state index in [1.165, 1.54) is 38.8 Å². The Hall–Kier alpha value is -0.0400. The van der Waals surface area contributed by atoms with Crippen LogP contribution in [0.3, 0.4) is 0 Å². The van der Waals surface area contributed by atoms with E-state index in [1.54, 1.807) is 0 Å². The largest absolute Gasteiger partial charge is 0.300 e. The second kappa shape index (κ2) is 2.30. The van der Waals surface area contributed by atoms with Gasteiger partial charge in [0.25, 0.3) is 0 Å². The Labute approximate surface area is 57.0 Å². The summed E-state index contributed by atoms with van der Waals surface area (Å²) < 4.78 is 0. The molecule has 2 aliphatic rings. The van der Waals surface area contributed by atoms with Crippen LogP contribution in [-0.2, 0) is 0 Å². The van der Waals surface area contributed by atoms with Crippen molar-refractivity contribution in [3.05, 3.63) is 6.42 Å². The van der Waals surface area contributed by atoms with E-state index >= 15 is 0 Å². The Morgan fingerprint density at radius 1 is 1.22 bits per heavy atom. The molecule has 1 aliphatic carbocycles. The van der Waals surface area contributed by atoms with Crippen LogP contribution in [0, 0.1) is 6.42 Å². The first-order valence-corrected chi connectivity index (χ1v) is 4.04. The molecule has 1 heterocycles. The molecule has 0 spiro atoms. The highest BCUT2D eigenvalue weighted by Gasteiger charge is 2.26. The molecular formula is C8H14N. The lowest BCUT2D eigenvalue weighted by atomic mass is 10.1. The van der Waals surface area contributed by atoms with Crippen LogP contribution in [0.25, 0.3) is 0 Å². The van der Waals surface area contributed by atoms with Gasteiger partial charge in [-0.3, -0.25) is 0 Å². The van der Waals surface area contributed by atoms with Crippen LogP contribution in [0.2, 0.25) is 0 Å². The molecule has 1 atom stereocenters. The predicted octanol–water partition coefficient (Wildman–Crippen LogP) is 1.45. The summed E-state index contributed by atoms with van der Waals surface area (Å²) in [4.78, 5) is 2.59. The monoisotopic (exact) mass is 124 g/mol. The van der Waals surface area contributed by atoms with Crippen LogP contribution in [-0.4, -0.2) is 24.0 Å². The first-order valence-electron chi connectivity index (χ1n) is 4.04. The van der Waals surface area contributed by atoms with Gasteiger partial charge in [0.05, 0.1) is 0 Å². The molecule has 51 valence electrons. The van der Waals surface area contributed by atoms with Gasteiger partial charge in [-0.25, -0.2) is 0 Å². The van der Waals surface area contributed by atoms with Crippen LogP contribution < -0.4 is 0 Å². The third kappa shape index (κ3) is 0.983. The maximum Gasteiger partial charge on any atom is 0.0127 e. The van der Waals surface area contributed by atoms with E-state index in [9.17, 15) is 0 Å². The summed E-state index contributed by atoms with van der Waals surface area (Å²) in [5.41, 5.74) is 0. The highest BCUT2D eigenvalue weighted by Crippen LogP contribution is 2.25. The molecule has 2 fully saturated rings. The zero-order valence-electron chi connectivity index (χ0n) is 5.84. The molecule has 1 aliphatic heterocycles. The Morgan fingerprint density at radius 2 is 2.11 bits per heavy atom. The molecule has 0 aromatic heterocycles. The minimum Gasteiger partial charge on any atom is -0.300 e. The highest BCUT2D eigenvalue weighted by atomic mass is 15.2. The summed E-state index contributed by atoms with van der Waals surface area (Å²) in [7, 11) is 0. The summed E-state index contributed by atoms with van der Waals surface area (Å²) in [6, 6.07) is 0.874. The first-order chi connectivity index (χ1) is 4.47. The summed E-state index contributed by atoms with van der Waals surface area (Å²) in [5.74, 6) is 0. The standard InChI is InChI=1S/C8H14N/c1-2-5-8(4-1)9-6-3-7-9/h4,8H,1-3,5-7H2. The van der Waals surface area contributed by atoms with Crippen LogP contribution in [0.1, 0.15) is 25.7 Å². The summed E-state index contributed by atoms with van der Waals surface area (Å²) in [5, 5.41) is 0. The fourth-order valence-electron chi connectivity index (χ4n) is 1.76. The normalized spacial score (nSPS) is 30.7. The number of hydrogen-bond donors (Lipinski definition) is 0. The van der Waals surface area contributed by atoms with Gasteiger partial charge in [-0.2, -0.15) is 0 Å². The quantitative estimate of drug-likeness (QED) is 0.511. The minimum atomic E-state index is 0.874. The zero-order valence-corrected chi connectivity index (χ0v) is 5.84. The number of likely N-dealkylation sites (tertiary alicyclic amines) is 1. The van der Waals surface area contributed by atoms with Gasteiger partial charge in [-0.15, -0.1) is 0 Å². The van der Waals surface area contributed by atoms with Gasteiger partial charge in [0.15, 0.2) is 0 Å². The van der Waals surface area contributed by atoms with Crippen molar-refractivity contribution in [1.82, 2.24) is 4.90 Å². The number of nitrogens with zero attached hydrogens (tertiary/aromatic N) is 1. The molecule has 0 N–H and O–H groups in total. The molecule has 0 aromatic carbocycles. The number of hydrogen-bond acceptors (Lipinski definition) is 1. The molecule has 9 heavy (non-hydrogen) atoms. The van der Waals surface area contributed by atoms with Gasteiger partial charge < -0.3 is 4.90 Å². The third-order valence-corrected chi connectivity index (χ3v) is 2.50. The van der Waals surface area contributed by atoms with Gasteiger partial charge >= 0.3 is 0 Å². The molecule has 1 nitrogen and oxygen atoms in total. The van der Waals surface area contributed by atoms with Gasteiger partial charge in [0.2, 0.25) is 0 Å². The third-order valence-electron chi connectivity index (χ3n) is 2.50. The maximum absolute atomic E-state index is 2.59. The van der Waals surface area contributed by atoms with E-state index in [0.29, 0.717) is 0 Å². The summed E-state index contributed by atoms with van der Waals surface area (Å²) >= 11 is 0. The number of rotatable bonds is 1. The smallest absolute Gasteiger partial charge is 0.0127 e. The van der Waals surface area contributed by atoms with E-state index in [2.05, 4.69) is 11.3 Å². The second-order valence-electron chi connectivity index (χ2n) is 3.12. The van der Waals surface area contributed by atoms with Gasteiger partial charge in [0, 0.05) is 6.04 Å². The fraction of sp³-hybridized carbons (Fsp3) is 0.875. The van der Waals surface area contributed by atoms with E-state index < -0.39 is 0 Å². The molecule has 1 saturated heterocycles.